The maximum atomic E-state index is 13.7. The van der Waals surface area contributed by atoms with Crippen LogP contribution in [-0.2, 0) is 23.9 Å². The highest BCUT2D eigenvalue weighted by Crippen LogP contribution is 2.77. The molecule has 0 aliphatic heterocycles. The molecule has 226 valence electrons. The van der Waals surface area contributed by atoms with Gasteiger partial charge in [0.25, 0.3) is 0 Å². The van der Waals surface area contributed by atoms with Gasteiger partial charge in [-0.1, -0.05) is 41.5 Å². The van der Waals surface area contributed by atoms with Crippen LogP contribution in [0.3, 0.4) is 0 Å². The Bertz CT molecular complexity index is 1050. The normalized spacial score (nSPS) is 48.0. The molecule has 0 spiro atoms. The van der Waals surface area contributed by atoms with Crippen LogP contribution in [0.2, 0.25) is 0 Å². The highest BCUT2D eigenvalue weighted by Gasteiger charge is 2.72. The van der Waals surface area contributed by atoms with Gasteiger partial charge in [0.1, 0.15) is 6.10 Å². The summed E-state index contributed by atoms with van der Waals surface area (Å²) in [6.07, 6.45) is 9.92. The van der Waals surface area contributed by atoms with Crippen molar-refractivity contribution in [3.8, 4) is 0 Å². The Hall–Kier alpha value is -1.43. The van der Waals surface area contributed by atoms with Crippen LogP contribution in [-0.4, -0.2) is 35.7 Å². The van der Waals surface area contributed by atoms with E-state index in [4.69, 9.17) is 9.47 Å². The van der Waals surface area contributed by atoms with Crippen LogP contribution in [0.15, 0.2) is 0 Å². The Morgan fingerprint density at radius 1 is 0.800 bits per heavy atom. The molecule has 0 radical (unpaired) electrons. The first-order chi connectivity index (χ1) is 18.6. The van der Waals surface area contributed by atoms with Crippen LogP contribution in [0.5, 0.6) is 0 Å². The van der Waals surface area contributed by atoms with Gasteiger partial charge in [-0.05, 0) is 116 Å². The van der Waals surface area contributed by atoms with Crippen molar-refractivity contribution in [2.75, 3.05) is 6.61 Å². The van der Waals surface area contributed by atoms with E-state index < -0.39 is 11.4 Å². The SMILES string of the molecule is CC(=O)OC(=O)[C@]12CCC(C(C)CO)C1C1CCC3C4(C)CCC(OC(C)=O)C(C)(C)C4CCC3(C)C1(C)CC2. The first-order valence-corrected chi connectivity index (χ1v) is 16.1. The summed E-state index contributed by atoms with van der Waals surface area (Å²) in [6, 6.07) is 0. The van der Waals surface area contributed by atoms with E-state index >= 15 is 0 Å². The molecule has 5 rings (SSSR count). The number of aliphatic hydroxyl groups excluding tert-OH is 1. The third-order valence-electron chi connectivity index (χ3n) is 14.4. The first-order valence-electron chi connectivity index (χ1n) is 16.1. The quantitative estimate of drug-likeness (QED) is 0.304. The predicted octanol–water partition coefficient (Wildman–Crippen LogP) is 6.72. The van der Waals surface area contributed by atoms with Crippen molar-refractivity contribution in [3.05, 3.63) is 0 Å². The second-order valence-corrected chi connectivity index (χ2v) is 16.1. The smallest absolute Gasteiger partial charge is 0.320 e. The van der Waals surface area contributed by atoms with Gasteiger partial charge in [0, 0.05) is 25.9 Å². The standard InChI is InChI=1S/C34H54O6/c1-20(19-35)23-11-16-34(29(38)40-22(3)37)18-17-32(7)24(28(23)34)9-10-26-31(6)14-13-27(39-21(2)36)30(4,5)25(31)12-15-33(26,32)8/h20,23-28,35H,9-19H2,1-8H3/t20?,23?,24?,25?,26?,27?,28?,31?,32?,33?,34-/m0/s1. The zero-order valence-corrected chi connectivity index (χ0v) is 26.3. The Labute approximate surface area is 241 Å². The summed E-state index contributed by atoms with van der Waals surface area (Å²) in [6.45, 7) is 17.4. The largest absolute Gasteiger partial charge is 0.462 e. The zero-order chi connectivity index (χ0) is 29.5. The molecule has 0 saturated heterocycles. The Balaban J connectivity index is 1.52. The van der Waals surface area contributed by atoms with Crippen LogP contribution in [0.25, 0.3) is 0 Å². The van der Waals surface area contributed by atoms with Crippen molar-refractivity contribution in [2.45, 2.75) is 126 Å². The lowest BCUT2D eigenvalue weighted by molar-refractivity contribution is -0.252. The maximum absolute atomic E-state index is 13.7. The number of esters is 3. The van der Waals surface area contributed by atoms with Crippen LogP contribution in [0, 0.1) is 62.6 Å². The highest BCUT2D eigenvalue weighted by molar-refractivity contribution is 5.88. The Morgan fingerprint density at radius 3 is 2.12 bits per heavy atom. The molecule has 40 heavy (non-hydrogen) atoms. The second-order valence-electron chi connectivity index (χ2n) is 16.1. The Morgan fingerprint density at radius 2 is 1.50 bits per heavy atom. The van der Waals surface area contributed by atoms with Crippen molar-refractivity contribution < 1.29 is 29.0 Å². The molecule has 0 amide bonds. The fourth-order valence-electron chi connectivity index (χ4n) is 12.4. The van der Waals surface area contributed by atoms with Gasteiger partial charge in [0.2, 0.25) is 0 Å². The topological polar surface area (TPSA) is 89.9 Å². The fourth-order valence-corrected chi connectivity index (χ4v) is 12.4. The number of carbonyl (C=O) groups excluding carboxylic acids is 3. The summed E-state index contributed by atoms with van der Waals surface area (Å²) in [4.78, 5) is 37.6. The molecule has 5 aliphatic rings. The molecular weight excluding hydrogens is 504 g/mol. The third kappa shape index (κ3) is 4.00. The van der Waals surface area contributed by atoms with E-state index in [0.29, 0.717) is 17.8 Å². The lowest BCUT2D eigenvalue weighted by Gasteiger charge is -2.72. The molecule has 10 unspecified atom stereocenters. The van der Waals surface area contributed by atoms with Gasteiger partial charge >= 0.3 is 17.9 Å². The minimum absolute atomic E-state index is 0.0267. The van der Waals surface area contributed by atoms with E-state index in [1.165, 1.54) is 13.8 Å². The van der Waals surface area contributed by atoms with Gasteiger partial charge in [-0.2, -0.15) is 0 Å². The number of fused-ring (bicyclic) bond motifs is 7. The van der Waals surface area contributed by atoms with Crippen molar-refractivity contribution in [2.24, 2.45) is 62.6 Å². The molecule has 5 fully saturated rings. The number of hydrogen-bond acceptors (Lipinski definition) is 6. The lowest BCUT2D eigenvalue weighted by Crippen LogP contribution is -2.67. The minimum atomic E-state index is -0.613. The van der Waals surface area contributed by atoms with E-state index in [1.807, 2.05) is 0 Å². The van der Waals surface area contributed by atoms with Gasteiger partial charge in [-0.15, -0.1) is 0 Å². The third-order valence-corrected chi connectivity index (χ3v) is 14.4. The summed E-state index contributed by atoms with van der Waals surface area (Å²) in [5, 5.41) is 10.2. The van der Waals surface area contributed by atoms with Crippen molar-refractivity contribution in [3.63, 3.8) is 0 Å². The average molecular weight is 559 g/mol. The predicted molar refractivity (Wildman–Crippen MR) is 153 cm³/mol. The monoisotopic (exact) mass is 558 g/mol. The fraction of sp³-hybridized carbons (Fsp3) is 0.912. The summed E-state index contributed by atoms with van der Waals surface area (Å²) in [5.41, 5.74) is -0.293. The summed E-state index contributed by atoms with van der Waals surface area (Å²) in [7, 11) is 0. The zero-order valence-electron chi connectivity index (χ0n) is 26.3. The second kappa shape index (κ2) is 9.81. The summed E-state index contributed by atoms with van der Waals surface area (Å²) >= 11 is 0. The molecule has 5 aliphatic carbocycles. The van der Waals surface area contributed by atoms with Gasteiger partial charge in [0.15, 0.2) is 0 Å². The molecular formula is C34H54O6. The molecule has 11 atom stereocenters. The highest BCUT2D eigenvalue weighted by atomic mass is 16.6. The Kier molecular flexibility index (Phi) is 7.37. The van der Waals surface area contributed by atoms with Crippen LogP contribution < -0.4 is 0 Å². The molecule has 1 N–H and O–H groups in total. The van der Waals surface area contributed by atoms with Crippen LogP contribution in [0.4, 0.5) is 0 Å². The van der Waals surface area contributed by atoms with E-state index in [1.54, 1.807) is 0 Å². The lowest BCUT2D eigenvalue weighted by atomic mass is 9.32. The number of ether oxygens (including phenoxy) is 2. The number of aliphatic hydroxyl groups is 1. The summed E-state index contributed by atoms with van der Waals surface area (Å²) < 4.78 is 11.3. The molecule has 0 aromatic heterocycles. The van der Waals surface area contributed by atoms with Crippen molar-refractivity contribution in [1.29, 1.82) is 0 Å². The van der Waals surface area contributed by atoms with E-state index in [9.17, 15) is 19.5 Å². The van der Waals surface area contributed by atoms with Crippen molar-refractivity contribution in [1.82, 2.24) is 0 Å². The molecule has 0 aromatic carbocycles. The van der Waals surface area contributed by atoms with E-state index in [0.717, 1.165) is 64.2 Å². The maximum Gasteiger partial charge on any atom is 0.320 e. The minimum Gasteiger partial charge on any atom is -0.462 e. The molecule has 0 bridgehead atoms. The number of hydrogen-bond donors (Lipinski definition) is 1. The van der Waals surface area contributed by atoms with Gasteiger partial charge in [-0.25, -0.2) is 0 Å². The molecule has 6 heteroatoms. The summed E-state index contributed by atoms with van der Waals surface area (Å²) in [5.74, 6) is 0.964. The van der Waals surface area contributed by atoms with Gasteiger partial charge < -0.3 is 14.6 Å². The van der Waals surface area contributed by atoms with Gasteiger partial charge in [0.05, 0.1) is 5.41 Å². The molecule has 0 aromatic rings. The molecule has 5 saturated carbocycles. The first kappa shape index (κ1) is 30.0. The molecule has 0 heterocycles. The average Bonchev–Trinajstić information content (AvgIpc) is 3.26. The molecule has 6 nitrogen and oxygen atoms in total. The van der Waals surface area contributed by atoms with Crippen LogP contribution in [0.1, 0.15) is 120 Å². The van der Waals surface area contributed by atoms with Crippen LogP contribution >= 0.6 is 0 Å². The number of rotatable bonds is 4. The number of carbonyl (C=O) groups is 3. The van der Waals surface area contributed by atoms with Crippen molar-refractivity contribution >= 4 is 17.9 Å². The van der Waals surface area contributed by atoms with E-state index in [2.05, 4.69) is 41.5 Å². The van der Waals surface area contributed by atoms with E-state index in [-0.39, 0.29) is 64.1 Å². The van der Waals surface area contributed by atoms with Gasteiger partial charge in [-0.3, -0.25) is 14.4 Å².